The van der Waals surface area contributed by atoms with Crippen LogP contribution in [0.4, 0.5) is 0 Å². The van der Waals surface area contributed by atoms with Gasteiger partial charge in [0.05, 0.1) is 10.0 Å². The molecule has 0 amide bonds. The molecule has 5 heteroatoms. The molecule has 1 aliphatic rings. The van der Waals surface area contributed by atoms with Crippen molar-refractivity contribution in [1.29, 1.82) is 0 Å². The predicted octanol–water partition coefficient (Wildman–Crippen LogP) is 3.55. The molecule has 17 heavy (non-hydrogen) atoms. The number of thioether (sulfide) groups is 1. The van der Waals surface area contributed by atoms with E-state index in [-0.39, 0.29) is 0 Å². The van der Waals surface area contributed by atoms with Crippen LogP contribution < -0.4 is 0 Å². The Balaban J connectivity index is 1.93. The van der Waals surface area contributed by atoms with Gasteiger partial charge in [0.1, 0.15) is 0 Å². The third-order valence-electron chi connectivity index (χ3n) is 3.12. The summed E-state index contributed by atoms with van der Waals surface area (Å²) >= 11 is 12.1. The average molecular weight is 290 g/mol. The van der Waals surface area contributed by atoms with Crippen LogP contribution in [0.5, 0.6) is 0 Å². The summed E-state index contributed by atoms with van der Waals surface area (Å²) in [7, 11) is 0. The average Bonchev–Trinajstić information content (AvgIpc) is 2.39. The zero-order valence-electron chi connectivity index (χ0n) is 9.56. The molecule has 0 bridgehead atoms. The summed E-state index contributed by atoms with van der Waals surface area (Å²) in [6.45, 7) is 1.71. The molecule has 2 heterocycles. The van der Waals surface area contributed by atoms with E-state index >= 15 is 0 Å². The van der Waals surface area contributed by atoms with Crippen LogP contribution in [0.1, 0.15) is 12.8 Å². The van der Waals surface area contributed by atoms with Gasteiger partial charge in [0.25, 0.3) is 0 Å². The number of rotatable bonds is 4. The lowest BCUT2D eigenvalue weighted by atomic mass is 9.84. The summed E-state index contributed by atoms with van der Waals surface area (Å²) in [6, 6.07) is 3.85. The maximum Gasteiger partial charge on any atom is 0.0961 e. The van der Waals surface area contributed by atoms with Crippen molar-refractivity contribution in [3.8, 4) is 0 Å². The molecule has 0 unspecified atom stereocenters. The van der Waals surface area contributed by atoms with Crippen LogP contribution >= 0.6 is 36.0 Å². The first-order chi connectivity index (χ1) is 8.24. The van der Waals surface area contributed by atoms with E-state index in [1.165, 1.54) is 0 Å². The second-order valence-corrected chi connectivity index (χ2v) is 6.12. The van der Waals surface area contributed by atoms with Crippen LogP contribution in [-0.2, 0) is 4.74 Å². The number of hydrogen-bond acceptors (Lipinski definition) is 4. The second kappa shape index (κ2) is 6.32. The fourth-order valence-corrected chi connectivity index (χ4v) is 3.65. The van der Waals surface area contributed by atoms with Crippen LogP contribution in [0.2, 0.25) is 5.02 Å². The van der Waals surface area contributed by atoms with Crippen molar-refractivity contribution < 1.29 is 4.74 Å². The number of ether oxygens (including phenoxy) is 1. The molecule has 2 nitrogen and oxygen atoms in total. The molecule has 0 spiro atoms. The van der Waals surface area contributed by atoms with Crippen molar-refractivity contribution in [1.82, 2.24) is 4.98 Å². The van der Waals surface area contributed by atoms with Crippen molar-refractivity contribution in [3.63, 3.8) is 0 Å². The molecule has 1 aromatic rings. The molecule has 1 fully saturated rings. The molecule has 1 aliphatic heterocycles. The van der Waals surface area contributed by atoms with E-state index in [1.807, 2.05) is 12.1 Å². The van der Waals surface area contributed by atoms with Gasteiger partial charge in [-0.15, -0.1) is 11.8 Å². The first kappa shape index (κ1) is 13.5. The SMILES string of the molecule is SCC1(CSc2ccc(Cl)cn2)CCOCC1. The van der Waals surface area contributed by atoms with Crippen molar-refractivity contribution in [3.05, 3.63) is 23.4 Å². The fourth-order valence-electron chi connectivity index (χ4n) is 1.83. The Morgan fingerprint density at radius 3 is 2.76 bits per heavy atom. The lowest BCUT2D eigenvalue weighted by Gasteiger charge is -2.35. The Kier molecular flexibility index (Phi) is 5.03. The Morgan fingerprint density at radius 2 is 2.18 bits per heavy atom. The molecule has 0 radical (unpaired) electrons. The monoisotopic (exact) mass is 289 g/mol. The van der Waals surface area contributed by atoms with Crippen LogP contribution in [0, 0.1) is 5.41 Å². The number of hydrogen-bond donors (Lipinski definition) is 1. The molecule has 0 saturated carbocycles. The third-order valence-corrected chi connectivity index (χ3v) is 5.30. The zero-order chi connectivity index (χ0) is 12.1. The minimum absolute atomic E-state index is 0.299. The first-order valence-electron chi connectivity index (χ1n) is 5.67. The summed E-state index contributed by atoms with van der Waals surface area (Å²) in [6.07, 6.45) is 3.88. The minimum Gasteiger partial charge on any atom is -0.381 e. The molecule has 0 atom stereocenters. The first-order valence-corrected chi connectivity index (χ1v) is 7.67. The van der Waals surface area contributed by atoms with Crippen LogP contribution in [0.3, 0.4) is 0 Å². The molecule has 0 N–H and O–H groups in total. The Hall–Kier alpha value is 0.1000. The highest BCUT2D eigenvalue weighted by Crippen LogP contribution is 2.37. The third kappa shape index (κ3) is 3.78. The zero-order valence-corrected chi connectivity index (χ0v) is 12.0. The van der Waals surface area contributed by atoms with E-state index in [0.29, 0.717) is 10.4 Å². The molecule has 1 saturated heterocycles. The normalized spacial score (nSPS) is 19.2. The van der Waals surface area contributed by atoms with Gasteiger partial charge in [-0.1, -0.05) is 11.6 Å². The van der Waals surface area contributed by atoms with Crippen LogP contribution in [0.25, 0.3) is 0 Å². The number of nitrogens with zero attached hydrogens (tertiary/aromatic N) is 1. The van der Waals surface area contributed by atoms with Crippen molar-refractivity contribution >= 4 is 36.0 Å². The van der Waals surface area contributed by atoms with Gasteiger partial charge in [-0.25, -0.2) is 4.98 Å². The number of thiol groups is 1. The lowest BCUT2D eigenvalue weighted by molar-refractivity contribution is 0.0371. The highest BCUT2D eigenvalue weighted by Gasteiger charge is 2.31. The van der Waals surface area contributed by atoms with Gasteiger partial charge in [-0.05, 0) is 36.1 Å². The van der Waals surface area contributed by atoms with Crippen molar-refractivity contribution in [2.45, 2.75) is 17.9 Å². The fraction of sp³-hybridized carbons (Fsp3) is 0.583. The van der Waals surface area contributed by atoms with Gasteiger partial charge < -0.3 is 4.74 Å². The van der Waals surface area contributed by atoms with Gasteiger partial charge in [0.15, 0.2) is 0 Å². The Morgan fingerprint density at radius 1 is 1.41 bits per heavy atom. The summed E-state index contributed by atoms with van der Waals surface area (Å²) < 4.78 is 5.42. The molecule has 0 aliphatic carbocycles. The molecular formula is C12H16ClNOS2. The van der Waals surface area contributed by atoms with E-state index in [4.69, 9.17) is 16.3 Å². The Bertz CT molecular complexity index is 352. The van der Waals surface area contributed by atoms with Gasteiger partial charge >= 0.3 is 0 Å². The van der Waals surface area contributed by atoms with Gasteiger partial charge in [0.2, 0.25) is 0 Å². The lowest BCUT2D eigenvalue weighted by Crippen LogP contribution is -2.33. The molecule has 2 rings (SSSR count). The summed E-state index contributed by atoms with van der Waals surface area (Å²) in [5.74, 6) is 1.96. The topological polar surface area (TPSA) is 22.1 Å². The largest absolute Gasteiger partial charge is 0.381 e. The number of aromatic nitrogens is 1. The van der Waals surface area contributed by atoms with Crippen molar-refractivity contribution in [2.24, 2.45) is 5.41 Å². The second-order valence-electron chi connectivity index (χ2n) is 4.37. The summed E-state index contributed by atoms with van der Waals surface area (Å²) in [5.41, 5.74) is 0.299. The summed E-state index contributed by atoms with van der Waals surface area (Å²) in [5, 5.41) is 1.71. The van der Waals surface area contributed by atoms with Crippen molar-refractivity contribution in [2.75, 3.05) is 24.7 Å². The van der Waals surface area contributed by atoms with Gasteiger partial charge in [0, 0.05) is 25.2 Å². The van der Waals surface area contributed by atoms with E-state index in [9.17, 15) is 0 Å². The minimum atomic E-state index is 0.299. The highest BCUT2D eigenvalue weighted by atomic mass is 35.5. The summed E-state index contributed by atoms with van der Waals surface area (Å²) in [4.78, 5) is 4.30. The van der Waals surface area contributed by atoms with E-state index in [2.05, 4.69) is 17.6 Å². The molecule has 94 valence electrons. The molecule has 0 aromatic carbocycles. The number of pyridine rings is 1. The van der Waals surface area contributed by atoms with Gasteiger partial charge in [-0.3, -0.25) is 0 Å². The highest BCUT2D eigenvalue weighted by molar-refractivity contribution is 7.99. The van der Waals surface area contributed by atoms with Crippen LogP contribution in [-0.4, -0.2) is 29.7 Å². The van der Waals surface area contributed by atoms with Gasteiger partial charge in [-0.2, -0.15) is 12.6 Å². The van der Waals surface area contributed by atoms with E-state index in [0.717, 1.165) is 42.6 Å². The quantitative estimate of drug-likeness (QED) is 0.677. The number of halogens is 1. The Labute approximate surface area is 117 Å². The molecule has 1 aromatic heterocycles. The molecular weight excluding hydrogens is 274 g/mol. The van der Waals surface area contributed by atoms with E-state index < -0.39 is 0 Å². The van der Waals surface area contributed by atoms with E-state index in [1.54, 1.807) is 18.0 Å². The maximum absolute atomic E-state index is 5.81. The standard InChI is InChI=1S/C12H16ClNOS2/c13-10-1-2-11(14-7-10)17-9-12(8-16)3-5-15-6-4-12/h1-2,7,16H,3-6,8-9H2. The smallest absolute Gasteiger partial charge is 0.0961 e. The predicted molar refractivity (Wildman–Crippen MR) is 76.3 cm³/mol. The maximum atomic E-state index is 5.81. The van der Waals surface area contributed by atoms with Crippen LogP contribution in [0.15, 0.2) is 23.4 Å².